The monoisotopic (exact) mass is 309 g/mol. The highest BCUT2D eigenvalue weighted by Gasteiger charge is 2.13. The van der Waals surface area contributed by atoms with E-state index in [-0.39, 0.29) is 12.1 Å². The van der Waals surface area contributed by atoms with Gasteiger partial charge in [-0.1, -0.05) is 30.3 Å². The van der Waals surface area contributed by atoms with Gasteiger partial charge in [0.25, 0.3) is 5.91 Å². The second kappa shape index (κ2) is 6.44. The summed E-state index contributed by atoms with van der Waals surface area (Å²) in [5.41, 5.74) is 1.85. The number of rotatable bonds is 5. The number of hydrogen-bond donors (Lipinski definition) is 1. The number of amides is 1. The first-order valence-electron chi connectivity index (χ1n) is 7.28. The van der Waals surface area contributed by atoms with Gasteiger partial charge in [-0.25, -0.2) is 9.37 Å². The number of nitrogens with one attached hydrogen (secondary N) is 1. The van der Waals surface area contributed by atoms with Crippen molar-refractivity contribution >= 4 is 16.9 Å². The summed E-state index contributed by atoms with van der Waals surface area (Å²) in [7, 11) is 0. The molecule has 2 aromatic carbocycles. The molecule has 116 valence electrons. The Balaban J connectivity index is 1.84. The quantitative estimate of drug-likeness (QED) is 0.735. The number of carbonyl (C=O) groups is 1. The van der Waals surface area contributed by atoms with E-state index in [1.165, 1.54) is 12.1 Å². The molecule has 0 saturated carbocycles. The zero-order valence-corrected chi connectivity index (χ0v) is 12.5. The fraction of sp³-hybridized carbons (Fsp3) is 0.111. The third-order valence-electron chi connectivity index (χ3n) is 3.57. The van der Waals surface area contributed by atoms with Crippen LogP contribution in [0.1, 0.15) is 16.2 Å². The predicted octanol–water partition coefficient (Wildman–Crippen LogP) is 3.29. The van der Waals surface area contributed by atoms with Crippen molar-refractivity contribution in [3.05, 3.63) is 78.4 Å². The molecule has 0 atom stereocenters. The van der Waals surface area contributed by atoms with E-state index in [4.69, 9.17) is 0 Å². The van der Waals surface area contributed by atoms with Gasteiger partial charge < -0.3 is 9.88 Å². The maximum Gasteiger partial charge on any atom is 0.254 e. The third-order valence-corrected chi connectivity index (χ3v) is 3.57. The highest BCUT2D eigenvalue weighted by molar-refractivity contribution is 5.94. The van der Waals surface area contributed by atoms with Crippen molar-refractivity contribution in [3.8, 4) is 0 Å². The first-order chi connectivity index (χ1) is 11.2. The number of aromatic nitrogens is 2. The lowest BCUT2D eigenvalue weighted by molar-refractivity contribution is 0.0945. The Hall–Kier alpha value is -2.95. The zero-order chi connectivity index (χ0) is 16.2. The van der Waals surface area contributed by atoms with Gasteiger partial charge in [0.05, 0.1) is 23.1 Å². The van der Waals surface area contributed by atoms with Crippen LogP contribution < -0.4 is 5.32 Å². The van der Waals surface area contributed by atoms with Crippen molar-refractivity contribution in [1.29, 1.82) is 0 Å². The first kappa shape index (κ1) is 15.0. The smallest absolute Gasteiger partial charge is 0.254 e. The van der Waals surface area contributed by atoms with Crippen molar-refractivity contribution < 1.29 is 9.18 Å². The molecule has 0 radical (unpaired) electrons. The highest BCUT2D eigenvalue weighted by atomic mass is 19.1. The molecule has 1 aromatic heterocycles. The van der Waals surface area contributed by atoms with E-state index < -0.39 is 11.7 Å². The molecule has 0 aliphatic heterocycles. The van der Waals surface area contributed by atoms with Gasteiger partial charge in [0.2, 0.25) is 0 Å². The summed E-state index contributed by atoms with van der Waals surface area (Å²) in [6.45, 7) is 4.56. The van der Waals surface area contributed by atoms with E-state index in [1.807, 2.05) is 28.8 Å². The van der Waals surface area contributed by atoms with Gasteiger partial charge in [0.1, 0.15) is 11.6 Å². The molecule has 0 aliphatic rings. The topological polar surface area (TPSA) is 46.9 Å². The molecule has 0 saturated heterocycles. The minimum Gasteiger partial charge on any atom is -0.345 e. The average Bonchev–Trinajstić information content (AvgIpc) is 2.91. The predicted molar refractivity (Wildman–Crippen MR) is 87.5 cm³/mol. The second-order valence-electron chi connectivity index (χ2n) is 5.08. The second-order valence-corrected chi connectivity index (χ2v) is 5.08. The van der Waals surface area contributed by atoms with Crippen LogP contribution in [0.3, 0.4) is 0 Å². The van der Waals surface area contributed by atoms with Crippen LogP contribution in [0.2, 0.25) is 0 Å². The van der Waals surface area contributed by atoms with Crippen LogP contribution in [0.5, 0.6) is 0 Å². The molecule has 0 fully saturated rings. The standard InChI is InChI=1S/C18H16FN3O/c1-2-11-22-16-10-6-5-9-15(16)21-17(22)12-20-18(23)13-7-3-4-8-14(13)19/h2-10H,1,11-12H2,(H,20,23). The summed E-state index contributed by atoms with van der Waals surface area (Å²) in [6.07, 6.45) is 1.77. The molecular weight excluding hydrogens is 293 g/mol. The number of para-hydroxylation sites is 2. The van der Waals surface area contributed by atoms with E-state index in [9.17, 15) is 9.18 Å². The van der Waals surface area contributed by atoms with Crippen molar-refractivity contribution in [2.45, 2.75) is 13.1 Å². The molecule has 0 unspecified atom stereocenters. The Kier molecular flexibility index (Phi) is 4.19. The Morgan fingerprint density at radius 1 is 1.22 bits per heavy atom. The van der Waals surface area contributed by atoms with Crippen LogP contribution in [-0.2, 0) is 13.1 Å². The minimum absolute atomic E-state index is 0.0267. The first-order valence-corrected chi connectivity index (χ1v) is 7.28. The number of carbonyl (C=O) groups excluding carboxylic acids is 1. The van der Waals surface area contributed by atoms with E-state index in [1.54, 1.807) is 18.2 Å². The molecule has 1 heterocycles. The molecular formula is C18H16FN3O. The van der Waals surface area contributed by atoms with E-state index in [2.05, 4.69) is 16.9 Å². The average molecular weight is 309 g/mol. The number of allylic oxidation sites excluding steroid dienone is 1. The van der Waals surface area contributed by atoms with Crippen molar-refractivity contribution in [2.24, 2.45) is 0 Å². The normalized spacial score (nSPS) is 10.7. The zero-order valence-electron chi connectivity index (χ0n) is 12.5. The molecule has 0 aliphatic carbocycles. The number of imidazole rings is 1. The van der Waals surface area contributed by atoms with Crippen molar-refractivity contribution in [1.82, 2.24) is 14.9 Å². The lowest BCUT2D eigenvalue weighted by atomic mass is 10.2. The summed E-state index contributed by atoms with van der Waals surface area (Å²) < 4.78 is 15.6. The summed E-state index contributed by atoms with van der Waals surface area (Å²) in [5.74, 6) is -0.291. The van der Waals surface area contributed by atoms with Gasteiger partial charge in [0.15, 0.2) is 0 Å². The van der Waals surface area contributed by atoms with Crippen LogP contribution >= 0.6 is 0 Å². The lowest BCUT2D eigenvalue weighted by Gasteiger charge is -2.08. The van der Waals surface area contributed by atoms with Crippen LogP contribution in [-0.4, -0.2) is 15.5 Å². The molecule has 3 aromatic rings. The maximum atomic E-state index is 13.6. The number of fused-ring (bicyclic) bond motifs is 1. The third kappa shape index (κ3) is 2.99. The summed E-state index contributed by atoms with van der Waals surface area (Å²) in [4.78, 5) is 16.6. The Morgan fingerprint density at radius 2 is 1.96 bits per heavy atom. The summed E-state index contributed by atoms with van der Waals surface area (Å²) in [6, 6.07) is 13.6. The fourth-order valence-corrected chi connectivity index (χ4v) is 2.49. The molecule has 23 heavy (non-hydrogen) atoms. The number of nitrogens with zero attached hydrogens (tertiary/aromatic N) is 2. The van der Waals surface area contributed by atoms with Crippen molar-refractivity contribution in [2.75, 3.05) is 0 Å². The lowest BCUT2D eigenvalue weighted by Crippen LogP contribution is -2.25. The number of hydrogen-bond acceptors (Lipinski definition) is 2. The Morgan fingerprint density at radius 3 is 2.74 bits per heavy atom. The molecule has 3 rings (SSSR count). The number of halogens is 1. The van der Waals surface area contributed by atoms with Gasteiger partial charge in [-0.3, -0.25) is 4.79 Å². The van der Waals surface area contributed by atoms with E-state index in [0.29, 0.717) is 12.4 Å². The molecule has 1 N–H and O–H groups in total. The van der Waals surface area contributed by atoms with Crippen molar-refractivity contribution in [3.63, 3.8) is 0 Å². The fourth-order valence-electron chi connectivity index (χ4n) is 2.49. The Bertz CT molecular complexity index is 870. The molecule has 0 bridgehead atoms. The van der Waals surface area contributed by atoms with Gasteiger partial charge in [-0.2, -0.15) is 0 Å². The van der Waals surface area contributed by atoms with E-state index in [0.717, 1.165) is 11.0 Å². The molecule has 0 spiro atoms. The SMILES string of the molecule is C=CCn1c(CNC(=O)c2ccccc2F)nc2ccccc21. The largest absolute Gasteiger partial charge is 0.345 e. The van der Waals surface area contributed by atoms with Gasteiger partial charge >= 0.3 is 0 Å². The van der Waals surface area contributed by atoms with Gasteiger partial charge in [0, 0.05) is 6.54 Å². The van der Waals surface area contributed by atoms with Gasteiger partial charge in [-0.15, -0.1) is 6.58 Å². The van der Waals surface area contributed by atoms with Crippen LogP contribution in [0.25, 0.3) is 11.0 Å². The summed E-state index contributed by atoms with van der Waals surface area (Å²) in [5, 5.41) is 2.72. The molecule has 1 amide bonds. The Labute approximate surface area is 133 Å². The molecule has 4 nitrogen and oxygen atoms in total. The summed E-state index contributed by atoms with van der Waals surface area (Å²) >= 11 is 0. The number of benzene rings is 2. The van der Waals surface area contributed by atoms with Crippen LogP contribution in [0, 0.1) is 5.82 Å². The minimum atomic E-state index is -0.537. The van der Waals surface area contributed by atoms with E-state index >= 15 is 0 Å². The molecule has 5 heteroatoms. The van der Waals surface area contributed by atoms with Gasteiger partial charge in [-0.05, 0) is 24.3 Å². The van der Waals surface area contributed by atoms with Crippen LogP contribution in [0.4, 0.5) is 4.39 Å². The van der Waals surface area contributed by atoms with Crippen LogP contribution in [0.15, 0.2) is 61.2 Å². The maximum absolute atomic E-state index is 13.6. The highest BCUT2D eigenvalue weighted by Crippen LogP contribution is 2.16.